The monoisotopic (exact) mass is 325 g/mol. The van der Waals surface area contributed by atoms with Gasteiger partial charge < -0.3 is 5.11 Å². The van der Waals surface area contributed by atoms with Crippen molar-refractivity contribution in [3.8, 4) is 5.69 Å². The first-order valence-electron chi connectivity index (χ1n) is 6.96. The van der Waals surface area contributed by atoms with Crippen molar-refractivity contribution in [3.63, 3.8) is 0 Å². The van der Waals surface area contributed by atoms with E-state index in [0.717, 1.165) is 0 Å². The lowest BCUT2D eigenvalue weighted by Crippen LogP contribution is -2.39. The molecule has 6 nitrogen and oxygen atoms in total. The SMILES string of the molecule is O=S(=O)(c1cnn(-c2ccccc2F)c1)N1CCC(O)CC1. The van der Waals surface area contributed by atoms with E-state index in [4.69, 9.17) is 0 Å². The maximum atomic E-state index is 13.7. The van der Waals surface area contributed by atoms with Gasteiger partial charge in [0, 0.05) is 13.1 Å². The van der Waals surface area contributed by atoms with Crippen LogP contribution in [0.3, 0.4) is 0 Å². The summed E-state index contributed by atoms with van der Waals surface area (Å²) < 4.78 is 41.3. The largest absolute Gasteiger partial charge is 0.393 e. The summed E-state index contributed by atoms with van der Waals surface area (Å²) in [6.45, 7) is 0.544. The van der Waals surface area contributed by atoms with Gasteiger partial charge in [-0.15, -0.1) is 0 Å². The maximum Gasteiger partial charge on any atom is 0.246 e. The second-order valence-corrected chi connectivity index (χ2v) is 7.15. The summed E-state index contributed by atoms with van der Waals surface area (Å²) in [5, 5.41) is 13.4. The first-order valence-corrected chi connectivity index (χ1v) is 8.40. The predicted molar refractivity (Wildman–Crippen MR) is 77.5 cm³/mol. The summed E-state index contributed by atoms with van der Waals surface area (Å²) in [4.78, 5) is 0.0205. The topological polar surface area (TPSA) is 75.4 Å². The number of sulfonamides is 1. The van der Waals surface area contributed by atoms with Gasteiger partial charge >= 0.3 is 0 Å². The van der Waals surface area contributed by atoms with Crippen molar-refractivity contribution in [2.24, 2.45) is 0 Å². The molecule has 0 radical (unpaired) electrons. The van der Waals surface area contributed by atoms with E-state index < -0.39 is 21.9 Å². The summed E-state index contributed by atoms with van der Waals surface area (Å²) in [7, 11) is -3.67. The Morgan fingerprint density at radius 1 is 1.23 bits per heavy atom. The Hall–Kier alpha value is -1.77. The van der Waals surface area contributed by atoms with E-state index in [9.17, 15) is 17.9 Å². The number of aromatic nitrogens is 2. The fourth-order valence-electron chi connectivity index (χ4n) is 2.44. The molecule has 1 saturated heterocycles. The molecule has 1 aliphatic heterocycles. The Kier molecular flexibility index (Phi) is 3.98. The highest BCUT2D eigenvalue weighted by Gasteiger charge is 2.29. The molecule has 1 aliphatic rings. The van der Waals surface area contributed by atoms with Crippen molar-refractivity contribution in [1.29, 1.82) is 0 Å². The van der Waals surface area contributed by atoms with Crippen molar-refractivity contribution in [2.75, 3.05) is 13.1 Å². The molecule has 0 spiro atoms. The quantitative estimate of drug-likeness (QED) is 0.919. The van der Waals surface area contributed by atoms with Crippen LogP contribution in [-0.4, -0.2) is 46.8 Å². The zero-order valence-corrected chi connectivity index (χ0v) is 12.6. The third-order valence-corrected chi connectivity index (χ3v) is 5.57. The summed E-state index contributed by atoms with van der Waals surface area (Å²) in [5.41, 5.74) is 0.193. The average Bonchev–Trinajstić information content (AvgIpc) is 2.98. The number of hydrogen-bond acceptors (Lipinski definition) is 4. The van der Waals surface area contributed by atoms with Crippen LogP contribution in [0.15, 0.2) is 41.6 Å². The van der Waals surface area contributed by atoms with E-state index in [1.807, 2.05) is 0 Å². The Balaban J connectivity index is 1.89. The molecule has 0 saturated carbocycles. The third-order valence-electron chi connectivity index (χ3n) is 3.72. The molecular weight excluding hydrogens is 309 g/mol. The number of benzene rings is 1. The Labute approximate surface area is 127 Å². The van der Waals surface area contributed by atoms with Crippen LogP contribution in [0.5, 0.6) is 0 Å². The lowest BCUT2D eigenvalue weighted by molar-refractivity contribution is 0.113. The number of para-hydroxylation sites is 1. The fraction of sp³-hybridized carbons (Fsp3) is 0.357. The average molecular weight is 325 g/mol. The van der Waals surface area contributed by atoms with Gasteiger partial charge in [-0.05, 0) is 25.0 Å². The van der Waals surface area contributed by atoms with E-state index in [-0.39, 0.29) is 23.7 Å². The van der Waals surface area contributed by atoms with Crippen molar-refractivity contribution < 1.29 is 17.9 Å². The highest BCUT2D eigenvalue weighted by Crippen LogP contribution is 2.22. The van der Waals surface area contributed by atoms with Crippen LogP contribution < -0.4 is 0 Å². The minimum Gasteiger partial charge on any atom is -0.393 e. The first-order chi connectivity index (χ1) is 10.5. The van der Waals surface area contributed by atoms with Gasteiger partial charge in [-0.25, -0.2) is 17.5 Å². The molecule has 0 aliphatic carbocycles. The molecule has 118 valence electrons. The summed E-state index contributed by atoms with van der Waals surface area (Å²) in [5.74, 6) is -0.476. The molecule has 0 bridgehead atoms. The zero-order chi connectivity index (χ0) is 15.7. The van der Waals surface area contributed by atoms with Gasteiger partial charge in [-0.2, -0.15) is 9.40 Å². The summed E-state index contributed by atoms with van der Waals surface area (Å²) in [6.07, 6.45) is 2.90. The van der Waals surface area contributed by atoms with Crippen LogP contribution in [0.2, 0.25) is 0 Å². The number of aliphatic hydroxyl groups is 1. The van der Waals surface area contributed by atoms with Crippen molar-refractivity contribution in [2.45, 2.75) is 23.8 Å². The van der Waals surface area contributed by atoms with Crippen molar-refractivity contribution >= 4 is 10.0 Å². The molecule has 8 heteroatoms. The van der Waals surface area contributed by atoms with Crippen LogP contribution in [0, 0.1) is 5.82 Å². The lowest BCUT2D eigenvalue weighted by Gasteiger charge is -2.28. The number of aliphatic hydroxyl groups excluding tert-OH is 1. The van der Waals surface area contributed by atoms with Crippen LogP contribution >= 0.6 is 0 Å². The lowest BCUT2D eigenvalue weighted by atomic mass is 10.1. The number of rotatable bonds is 3. The Morgan fingerprint density at radius 3 is 2.59 bits per heavy atom. The van der Waals surface area contributed by atoms with Gasteiger partial charge in [0.2, 0.25) is 10.0 Å². The van der Waals surface area contributed by atoms with Crippen LogP contribution in [0.25, 0.3) is 5.69 Å². The molecule has 1 N–H and O–H groups in total. The van der Waals surface area contributed by atoms with Crippen LogP contribution in [-0.2, 0) is 10.0 Å². The van der Waals surface area contributed by atoms with Crippen LogP contribution in [0.4, 0.5) is 4.39 Å². The zero-order valence-electron chi connectivity index (χ0n) is 11.8. The van der Waals surface area contributed by atoms with Gasteiger partial charge in [0.25, 0.3) is 0 Å². The highest BCUT2D eigenvalue weighted by molar-refractivity contribution is 7.89. The van der Waals surface area contributed by atoms with Crippen molar-refractivity contribution in [1.82, 2.24) is 14.1 Å². The molecule has 0 amide bonds. The first kappa shape index (κ1) is 15.1. The normalized spacial score (nSPS) is 17.7. The van der Waals surface area contributed by atoms with E-state index >= 15 is 0 Å². The Morgan fingerprint density at radius 2 is 1.91 bits per heavy atom. The van der Waals surface area contributed by atoms with Gasteiger partial charge in [-0.3, -0.25) is 0 Å². The number of hydrogen-bond donors (Lipinski definition) is 1. The molecule has 22 heavy (non-hydrogen) atoms. The van der Waals surface area contributed by atoms with Gasteiger partial charge in [0.1, 0.15) is 16.4 Å². The molecule has 2 heterocycles. The molecule has 1 fully saturated rings. The molecule has 3 rings (SSSR count). The number of nitrogens with zero attached hydrogens (tertiary/aromatic N) is 3. The van der Waals surface area contributed by atoms with Gasteiger partial charge in [0.05, 0.1) is 18.5 Å². The minimum absolute atomic E-state index is 0.0205. The molecular formula is C14H16FN3O3S. The number of halogens is 1. The summed E-state index contributed by atoms with van der Waals surface area (Å²) >= 11 is 0. The molecule has 1 aromatic carbocycles. The van der Waals surface area contributed by atoms with Gasteiger partial charge in [0.15, 0.2) is 0 Å². The van der Waals surface area contributed by atoms with Crippen molar-refractivity contribution in [3.05, 3.63) is 42.5 Å². The highest BCUT2D eigenvalue weighted by atomic mass is 32.2. The maximum absolute atomic E-state index is 13.7. The standard InChI is InChI=1S/C14H16FN3O3S/c15-13-3-1-2-4-14(13)18-10-12(9-16-18)22(20,21)17-7-5-11(19)6-8-17/h1-4,9-11,19H,5-8H2. The second-order valence-electron chi connectivity index (χ2n) is 5.21. The molecule has 2 aromatic rings. The third kappa shape index (κ3) is 2.77. The molecule has 1 aromatic heterocycles. The minimum atomic E-state index is -3.67. The van der Waals surface area contributed by atoms with E-state index in [0.29, 0.717) is 12.8 Å². The molecule has 0 unspecified atom stereocenters. The number of piperidine rings is 1. The molecule has 0 atom stereocenters. The summed E-state index contributed by atoms with van der Waals surface area (Å²) in [6, 6.07) is 6.02. The van der Waals surface area contributed by atoms with E-state index in [2.05, 4.69) is 5.10 Å². The van der Waals surface area contributed by atoms with E-state index in [1.54, 1.807) is 12.1 Å². The second kappa shape index (κ2) is 5.79. The van der Waals surface area contributed by atoms with Gasteiger partial charge in [-0.1, -0.05) is 12.1 Å². The Bertz CT molecular complexity index is 767. The smallest absolute Gasteiger partial charge is 0.246 e. The fourth-order valence-corrected chi connectivity index (χ4v) is 3.84. The van der Waals surface area contributed by atoms with Crippen LogP contribution in [0.1, 0.15) is 12.8 Å². The van der Waals surface area contributed by atoms with E-state index in [1.165, 1.54) is 33.5 Å². The predicted octanol–water partition coefficient (Wildman–Crippen LogP) is 1.16.